The van der Waals surface area contributed by atoms with E-state index < -0.39 is 0 Å². The SMILES string of the molecule is COC(=O)[C@@H]1CCCC[C@@H]1C(=O)NCCS[C@@H](c1ccccc1)c1nc(OC)cc(OC)n1. The second-order valence-corrected chi connectivity index (χ2v) is 9.00. The first kappa shape index (κ1) is 24.8. The highest BCUT2D eigenvalue weighted by Crippen LogP contribution is 2.35. The molecule has 0 unspecified atom stereocenters. The zero-order valence-electron chi connectivity index (χ0n) is 19.3. The molecule has 1 N–H and O–H groups in total. The lowest BCUT2D eigenvalue weighted by Crippen LogP contribution is -2.40. The Hall–Kier alpha value is -2.81. The highest BCUT2D eigenvalue weighted by molar-refractivity contribution is 7.99. The summed E-state index contributed by atoms with van der Waals surface area (Å²) in [5.74, 6) is 1.02. The van der Waals surface area contributed by atoms with Crippen LogP contribution in [0.2, 0.25) is 0 Å². The van der Waals surface area contributed by atoms with Crippen LogP contribution >= 0.6 is 11.8 Å². The van der Waals surface area contributed by atoms with Crippen LogP contribution in [0.15, 0.2) is 36.4 Å². The number of nitrogens with one attached hydrogen (secondary N) is 1. The van der Waals surface area contributed by atoms with Crippen LogP contribution < -0.4 is 14.8 Å². The lowest BCUT2D eigenvalue weighted by molar-refractivity contribution is -0.152. The molecule has 8 nitrogen and oxygen atoms in total. The van der Waals surface area contributed by atoms with Gasteiger partial charge >= 0.3 is 5.97 Å². The minimum absolute atomic E-state index is 0.0822. The first-order chi connectivity index (χ1) is 16.1. The van der Waals surface area contributed by atoms with Crippen molar-refractivity contribution in [2.24, 2.45) is 11.8 Å². The molecule has 178 valence electrons. The van der Waals surface area contributed by atoms with Gasteiger partial charge in [-0.1, -0.05) is 43.2 Å². The van der Waals surface area contributed by atoms with E-state index in [1.54, 1.807) is 32.0 Å². The Bertz CT molecular complexity index is 905. The summed E-state index contributed by atoms with van der Waals surface area (Å²) in [7, 11) is 4.49. The molecule has 1 aliphatic rings. The van der Waals surface area contributed by atoms with Crippen LogP contribution in [0, 0.1) is 11.8 Å². The number of methoxy groups -OCH3 is 3. The van der Waals surface area contributed by atoms with Gasteiger partial charge in [-0.2, -0.15) is 9.97 Å². The summed E-state index contributed by atoms with van der Waals surface area (Å²) < 4.78 is 15.5. The number of amides is 1. The van der Waals surface area contributed by atoms with Crippen molar-refractivity contribution in [1.82, 2.24) is 15.3 Å². The smallest absolute Gasteiger partial charge is 0.309 e. The molecule has 2 aromatic rings. The Morgan fingerprint density at radius 3 is 2.27 bits per heavy atom. The van der Waals surface area contributed by atoms with Gasteiger partial charge in [0, 0.05) is 12.3 Å². The lowest BCUT2D eigenvalue weighted by Gasteiger charge is -2.28. The summed E-state index contributed by atoms with van der Waals surface area (Å²) in [6, 6.07) is 11.6. The summed E-state index contributed by atoms with van der Waals surface area (Å²) in [6.45, 7) is 0.471. The van der Waals surface area contributed by atoms with Crippen LogP contribution in [0.25, 0.3) is 0 Å². The quantitative estimate of drug-likeness (QED) is 0.414. The summed E-state index contributed by atoms with van der Waals surface area (Å²) in [6.07, 6.45) is 3.31. The van der Waals surface area contributed by atoms with Gasteiger partial charge in [0.2, 0.25) is 17.7 Å². The van der Waals surface area contributed by atoms with E-state index in [1.165, 1.54) is 7.11 Å². The largest absolute Gasteiger partial charge is 0.481 e. The van der Waals surface area contributed by atoms with Gasteiger partial charge in [-0.25, -0.2) is 0 Å². The summed E-state index contributed by atoms with van der Waals surface area (Å²) in [4.78, 5) is 33.9. The Labute approximate surface area is 198 Å². The Kier molecular flexibility index (Phi) is 9.35. The zero-order valence-corrected chi connectivity index (χ0v) is 20.1. The second kappa shape index (κ2) is 12.4. The van der Waals surface area contributed by atoms with E-state index in [-0.39, 0.29) is 29.0 Å². The molecule has 3 atom stereocenters. The van der Waals surface area contributed by atoms with Gasteiger partial charge in [0.1, 0.15) is 0 Å². The topological polar surface area (TPSA) is 99.6 Å². The number of hydrogen-bond donors (Lipinski definition) is 1. The van der Waals surface area contributed by atoms with E-state index in [4.69, 9.17) is 14.2 Å². The van der Waals surface area contributed by atoms with Crippen LogP contribution in [-0.2, 0) is 14.3 Å². The third-order valence-corrected chi connectivity index (χ3v) is 7.00. The third kappa shape index (κ3) is 6.60. The molecule has 0 bridgehead atoms. The number of carbonyl (C=O) groups excluding carboxylic acids is 2. The molecule has 0 aliphatic heterocycles. The molecule has 0 radical (unpaired) electrons. The Morgan fingerprint density at radius 1 is 1.03 bits per heavy atom. The highest BCUT2D eigenvalue weighted by atomic mass is 32.2. The molecular formula is C24H31N3O5S. The molecule has 1 aromatic heterocycles. The first-order valence-electron chi connectivity index (χ1n) is 11.1. The number of nitrogens with zero attached hydrogens (tertiary/aromatic N) is 2. The van der Waals surface area contributed by atoms with Crippen LogP contribution in [0.1, 0.15) is 42.3 Å². The van der Waals surface area contributed by atoms with Gasteiger partial charge in [0.25, 0.3) is 0 Å². The van der Waals surface area contributed by atoms with Gasteiger partial charge in [-0.3, -0.25) is 9.59 Å². The number of rotatable bonds is 10. The molecular weight excluding hydrogens is 442 g/mol. The fourth-order valence-electron chi connectivity index (χ4n) is 4.06. The average molecular weight is 474 g/mol. The number of carbonyl (C=O) groups is 2. The molecule has 1 saturated carbocycles. The standard InChI is InChI=1S/C24H31N3O5S/c1-30-19-15-20(31-2)27-22(26-19)21(16-9-5-4-6-10-16)33-14-13-25-23(28)17-11-7-8-12-18(17)24(29)32-3/h4-6,9-10,15,17-18,21H,7-8,11-14H2,1-3H3,(H,25,28)/t17-,18+,21-/m0/s1. The van der Waals surface area contributed by atoms with Crippen LogP contribution in [0.5, 0.6) is 11.8 Å². The van der Waals surface area contributed by atoms with Gasteiger partial charge in [-0.15, -0.1) is 11.8 Å². The van der Waals surface area contributed by atoms with E-state index in [2.05, 4.69) is 15.3 Å². The van der Waals surface area contributed by atoms with Crippen molar-refractivity contribution in [3.63, 3.8) is 0 Å². The molecule has 1 amide bonds. The maximum Gasteiger partial charge on any atom is 0.309 e. The van der Waals surface area contributed by atoms with E-state index in [0.717, 1.165) is 18.4 Å². The zero-order chi connectivity index (χ0) is 23.6. The van der Waals surface area contributed by atoms with Gasteiger partial charge in [0.05, 0.1) is 44.5 Å². The monoisotopic (exact) mass is 473 g/mol. The third-order valence-electron chi connectivity index (χ3n) is 5.74. The highest BCUT2D eigenvalue weighted by Gasteiger charge is 2.36. The van der Waals surface area contributed by atoms with Crippen molar-refractivity contribution in [1.29, 1.82) is 0 Å². The van der Waals surface area contributed by atoms with E-state index in [9.17, 15) is 9.59 Å². The molecule has 1 aliphatic carbocycles. The van der Waals surface area contributed by atoms with Crippen LogP contribution in [0.4, 0.5) is 0 Å². The van der Waals surface area contributed by atoms with Crippen molar-refractivity contribution in [3.05, 3.63) is 47.8 Å². The molecule has 3 rings (SSSR count). The van der Waals surface area contributed by atoms with E-state index in [0.29, 0.717) is 42.7 Å². The maximum absolute atomic E-state index is 12.8. The predicted molar refractivity (Wildman–Crippen MR) is 126 cm³/mol. The van der Waals surface area contributed by atoms with Gasteiger partial charge < -0.3 is 19.5 Å². The van der Waals surface area contributed by atoms with Gasteiger partial charge in [-0.05, 0) is 18.4 Å². The van der Waals surface area contributed by atoms with Crippen LogP contribution in [-0.4, -0.2) is 55.5 Å². The number of ether oxygens (including phenoxy) is 3. The first-order valence-corrected chi connectivity index (χ1v) is 12.1. The fraction of sp³-hybridized carbons (Fsp3) is 0.500. The molecule has 1 fully saturated rings. The summed E-state index contributed by atoms with van der Waals surface area (Å²) in [5.41, 5.74) is 1.04. The molecule has 33 heavy (non-hydrogen) atoms. The predicted octanol–water partition coefficient (Wildman–Crippen LogP) is 3.41. The lowest BCUT2D eigenvalue weighted by atomic mass is 9.78. The molecule has 9 heteroatoms. The molecule has 0 saturated heterocycles. The van der Waals surface area contributed by atoms with Crippen molar-refractivity contribution in [2.45, 2.75) is 30.9 Å². The number of aromatic nitrogens is 2. The fourth-order valence-corrected chi connectivity index (χ4v) is 5.11. The summed E-state index contributed by atoms with van der Waals surface area (Å²) >= 11 is 1.62. The minimum atomic E-state index is -0.355. The minimum Gasteiger partial charge on any atom is -0.481 e. The van der Waals surface area contributed by atoms with Crippen molar-refractivity contribution < 1.29 is 23.8 Å². The van der Waals surface area contributed by atoms with Crippen molar-refractivity contribution in [2.75, 3.05) is 33.6 Å². The molecule has 0 spiro atoms. The van der Waals surface area contributed by atoms with Crippen molar-refractivity contribution in [3.8, 4) is 11.8 Å². The second-order valence-electron chi connectivity index (χ2n) is 7.78. The summed E-state index contributed by atoms with van der Waals surface area (Å²) in [5, 5.41) is 2.84. The number of hydrogen-bond acceptors (Lipinski definition) is 8. The average Bonchev–Trinajstić information content (AvgIpc) is 2.88. The Morgan fingerprint density at radius 2 is 1.67 bits per heavy atom. The van der Waals surface area contributed by atoms with Crippen LogP contribution in [0.3, 0.4) is 0 Å². The number of thioether (sulfide) groups is 1. The number of esters is 1. The van der Waals surface area contributed by atoms with Gasteiger partial charge in [0.15, 0.2) is 5.82 Å². The van der Waals surface area contributed by atoms with Crippen molar-refractivity contribution >= 4 is 23.6 Å². The maximum atomic E-state index is 12.8. The molecule has 1 heterocycles. The normalized spacial score (nSPS) is 18.8. The molecule has 1 aromatic carbocycles. The number of benzene rings is 1. The Balaban J connectivity index is 1.66. The van der Waals surface area contributed by atoms with E-state index in [1.807, 2.05) is 30.3 Å². The van der Waals surface area contributed by atoms with E-state index >= 15 is 0 Å².